The molecule has 12 heteroatoms. The van der Waals surface area contributed by atoms with Gasteiger partial charge in [0, 0.05) is 39.4 Å². The fourth-order valence-corrected chi connectivity index (χ4v) is 4.52. The van der Waals surface area contributed by atoms with Gasteiger partial charge in [-0.15, -0.1) is 0 Å². The van der Waals surface area contributed by atoms with E-state index >= 15 is 0 Å². The Hall–Kier alpha value is -3.96. The van der Waals surface area contributed by atoms with Gasteiger partial charge >= 0.3 is 6.09 Å². The molecular weight excluding hydrogens is 469 g/mol. The number of nitrogens with zero attached hydrogens (tertiary/aromatic N) is 7. The Morgan fingerprint density at radius 1 is 1.11 bits per heavy atom. The van der Waals surface area contributed by atoms with Gasteiger partial charge < -0.3 is 24.2 Å². The topological polar surface area (TPSA) is 105 Å². The standard InChI is InChI=1S/C24H26FN7O4/c1-29-14-17(11-21(29)33)36-24(34)31-8-6-30(7-9-31)20-4-5-32-22(28-20)19(13-27-32)18-10-15(25)12-26-23(18)35-16-2-3-16/h4-5,10,12-13,16-17H,2-3,6-9,11,14H2,1H3/t17-/m0/s1. The zero-order chi connectivity index (χ0) is 24.8. The highest BCUT2D eigenvalue weighted by Gasteiger charge is 2.32. The molecule has 0 radical (unpaired) electrons. The lowest BCUT2D eigenvalue weighted by Crippen LogP contribution is -2.49. The third-order valence-electron chi connectivity index (χ3n) is 6.70. The van der Waals surface area contributed by atoms with Crippen molar-refractivity contribution >= 4 is 23.5 Å². The van der Waals surface area contributed by atoms with Crippen LogP contribution in [0.4, 0.5) is 15.0 Å². The Morgan fingerprint density at radius 2 is 1.92 bits per heavy atom. The van der Waals surface area contributed by atoms with Crippen LogP contribution in [0.5, 0.6) is 5.88 Å². The molecule has 1 aliphatic carbocycles. The number of carbonyl (C=O) groups excluding carboxylic acids is 2. The molecule has 3 aromatic rings. The van der Waals surface area contributed by atoms with Crippen molar-refractivity contribution in [1.82, 2.24) is 29.4 Å². The van der Waals surface area contributed by atoms with E-state index in [2.05, 4.69) is 15.0 Å². The lowest BCUT2D eigenvalue weighted by molar-refractivity contribution is -0.126. The number of halogens is 1. The number of fused-ring (bicyclic) bond motifs is 1. The first-order valence-corrected chi connectivity index (χ1v) is 12.1. The van der Waals surface area contributed by atoms with Crippen molar-refractivity contribution in [3.8, 4) is 17.0 Å². The summed E-state index contributed by atoms with van der Waals surface area (Å²) in [5, 5.41) is 4.37. The molecule has 2 amide bonds. The van der Waals surface area contributed by atoms with Gasteiger partial charge in [0.05, 0.1) is 36.5 Å². The zero-order valence-electron chi connectivity index (χ0n) is 19.8. The van der Waals surface area contributed by atoms with Crippen molar-refractivity contribution in [2.45, 2.75) is 31.5 Å². The summed E-state index contributed by atoms with van der Waals surface area (Å²) >= 11 is 0. The largest absolute Gasteiger partial charge is 0.474 e. The van der Waals surface area contributed by atoms with Crippen LogP contribution in [0, 0.1) is 5.82 Å². The normalized spacial score (nSPS) is 20.3. The molecular formula is C24H26FN7O4. The van der Waals surface area contributed by atoms with Crippen molar-refractivity contribution in [3.63, 3.8) is 0 Å². The predicted molar refractivity (Wildman–Crippen MR) is 126 cm³/mol. The van der Waals surface area contributed by atoms with Gasteiger partial charge in [0.25, 0.3) is 0 Å². The summed E-state index contributed by atoms with van der Waals surface area (Å²) < 4.78 is 27.2. The molecule has 5 heterocycles. The van der Waals surface area contributed by atoms with E-state index in [9.17, 15) is 14.0 Å². The second kappa shape index (κ2) is 8.92. The molecule has 1 saturated carbocycles. The third-order valence-corrected chi connectivity index (χ3v) is 6.70. The zero-order valence-corrected chi connectivity index (χ0v) is 19.8. The number of amides is 2. The molecule has 188 valence electrons. The van der Waals surface area contributed by atoms with Crippen molar-refractivity contribution in [1.29, 1.82) is 0 Å². The second-order valence-electron chi connectivity index (χ2n) is 9.39. The minimum absolute atomic E-state index is 0.0152. The van der Waals surface area contributed by atoms with Crippen LogP contribution < -0.4 is 9.64 Å². The molecule has 0 aromatic carbocycles. The molecule has 2 saturated heterocycles. The van der Waals surface area contributed by atoms with E-state index in [-0.39, 0.29) is 18.4 Å². The number of pyridine rings is 1. The second-order valence-corrected chi connectivity index (χ2v) is 9.39. The SMILES string of the molecule is CN1C[C@@H](OC(=O)N2CCN(c3ccn4ncc(-c5cc(F)cnc5OC5CC5)c4n3)CC2)CC1=O. The summed E-state index contributed by atoms with van der Waals surface area (Å²) in [4.78, 5) is 38.5. The van der Waals surface area contributed by atoms with Gasteiger partial charge in [-0.1, -0.05) is 0 Å². The van der Waals surface area contributed by atoms with Crippen LogP contribution in [0.3, 0.4) is 0 Å². The number of anilines is 1. The van der Waals surface area contributed by atoms with Gasteiger partial charge in [0.2, 0.25) is 11.8 Å². The molecule has 3 aliphatic rings. The Balaban J connectivity index is 1.17. The van der Waals surface area contributed by atoms with Gasteiger partial charge in [-0.05, 0) is 25.0 Å². The Morgan fingerprint density at radius 3 is 2.64 bits per heavy atom. The maximum atomic E-state index is 14.1. The molecule has 1 atom stereocenters. The van der Waals surface area contributed by atoms with Crippen LogP contribution in [0.2, 0.25) is 0 Å². The summed E-state index contributed by atoms with van der Waals surface area (Å²) in [5.41, 5.74) is 1.72. The number of hydrogen-bond donors (Lipinski definition) is 0. The Labute approximate surface area is 206 Å². The number of likely N-dealkylation sites (N-methyl/N-ethyl adjacent to an activating group) is 1. The average molecular weight is 496 g/mol. The maximum Gasteiger partial charge on any atom is 0.410 e. The molecule has 6 rings (SSSR count). The van der Waals surface area contributed by atoms with Gasteiger partial charge in [-0.2, -0.15) is 5.10 Å². The highest BCUT2D eigenvalue weighted by Crippen LogP contribution is 2.35. The quantitative estimate of drug-likeness (QED) is 0.529. The van der Waals surface area contributed by atoms with Gasteiger partial charge in [-0.3, -0.25) is 4.79 Å². The summed E-state index contributed by atoms with van der Waals surface area (Å²) in [7, 11) is 1.70. The van der Waals surface area contributed by atoms with Crippen molar-refractivity contribution in [2.75, 3.05) is 44.7 Å². The first kappa shape index (κ1) is 22.5. The van der Waals surface area contributed by atoms with E-state index in [0.717, 1.165) is 24.9 Å². The van der Waals surface area contributed by atoms with E-state index in [1.165, 1.54) is 6.07 Å². The van der Waals surface area contributed by atoms with Crippen molar-refractivity contribution in [2.24, 2.45) is 0 Å². The average Bonchev–Trinajstić information content (AvgIpc) is 3.51. The number of ether oxygens (including phenoxy) is 2. The van der Waals surface area contributed by atoms with Crippen LogP contribution in [0.25, 0.3) is 16.8 Å². The molecule has 3 fully saturated rings. The lowest BCUT2D eigenvalue weighted by Gasteiger charge is -2.35. The van der Waals surface area contributed by atoms with E-state index in [4.69, 9.17) is 14.5 Å². The summed E-state index contributed by atoms with van der Waals surface area (Å²) in [5.74, 6) is 0.636. The first-order chi connectivity index (χ1) is 17.4. The Kier molecular flexibility index (Phi) is 5.57. The van der Waals surface area contributed by atoms with Gasteiger partial charge in [0.15, 0.2) is 5.65 Å². The minimum atomic E-state index is -0.458. The van der Waals surface area contributed by atoms with Gasteiger partial charge in [0.1, 0.15) is 23.8 Å². The number of piperazine rings is 1. The molecule has 36 heavy (non-hydrogen) atoms. The summed E-state index contributed by atoms with van der Waals surface area (Å²) in [6.07, 6.45) is 6.08. The lowest BCUT2D eigenvalue weighted by atomic mass is 10.1. The molecule has 0 unspecified atom stereocenters. The highest BCUT2D eigenvalue weighted by atomic mass is 19.1. The Bertz CT molecular complexity index is 1320. The van der Waals surface area contributed by atoms with Crippen LogP contribution >= 0.6 is 0 Å². The van der Waals surface area contributed by atoms with E-state index in [1.54, 1.807) is 27.6 Å². The van der Waals surface area contributed by atoms with Crippen LogP contribution in [-0.2, 0) is 9.53 Å². The fraction of sp³-hybridized carbons (Fsp3) is 0.458. The minimum Gasteiger partial charge on any atom is -0.474 e. The van der Waals surface area contributed by atoms with Crippen molar-refractivity contribution in [3.05, 3.63) is 36.5 Å². The molecule has 2 aliphatic heterocycles. The molecule has 11 nitrogen and oxygen atoms in total. The van der Waals surface area contributed by atoms with E-state index < -0.39 is 18.0 Å². The number of likely N-dealkylation sites (tertiary alicyclic amines) is 1. The van der Waals surface area contributed by atoms with Crippen LogP contribution in [0.15, 0.2) is 30.7 Å². The number of hydrogen-bond acceptors (Lipinski definition) is 8. The number of rotatable bonds is 5. The number of carbonyl (C=O) groups is 2. The molecule has 0 spiro atoms. The van der Waals surface area contributed by atoms with E-state index in [0.29, 0.717) is 55.4 Å². The molecule has 3 aromatic heterocycles. The summed E-state index contributed by atoms with van der Waals surface area (Å²) in [6.45, 7) is 2.52. The fourth-order valence-electron chi connectivity index (χ4n) is 4.52. The number of aromatic nitrogens is 4. The first-order valence-electron chi connectivity index (χ1n) is 12.1. The maximum absolute atomic E-state index is 14.1. The smallest absolute Gasteiger partial charge is 0.410 e. The predicted octanol–water partition coefficient (Wildman–Crippen LogP) is 1.96. The summed E-state index contributed by atoms with van der Waals surface area (Å²) in [6, 6.07) is 3.26. The van der Waals surface area contributed by atoms with Gasteiger partial charge in [-0.25, -0.2) is 23.7 Å². The molecule has 0 N–H and O–H groups in total. The monoisotopic (exact) mass is 495 g/mol. The third kappa shape index (κ3) is 4.38. The van der Waals surface area contributed by atoms with Crippen LogP contribution in [-0.4, -0.2) is 93.4 Å². The van der Waals surface area contributed by atoms with E-state index in [1.807, 2.05) is 12.3 Å². The van der Waals surface area contributed by atoms with Crippen molar-refractivity contribution < 1.29 is 23.5 Å². The van der Waals surface area contributed by atoms with Crippen LogP contribution in [0.1, 0.15) is 19.3 Å². The highest BCUT2D eigenvalue weighted by molar-refractivity contribution is 5.81. The molecule has 0 bridgehead atoms.